The fourth-order valence-electron chi connectivity index (χ4n) is 1.46. The zero-order valence-electron chi connectivity index (χ0n) is 9.18. The first-order valence-corrected chi connectivity index (χ1v) is 6.74. The molecule has 0 aliphatic rings. The molecule has 5 heteroatoms. The molecule has 2 aromatic carbocycles. The molecule has 0 unspecified atom stereocenters. The molecule has 0 aliphatic heterocycles. The van der Waals surface area contributed by atoms with Crippen LogP contribution in [-0.2, 0) is 6.54 Å². The average Bonchev–Trinajstić information content (AvgIpc) is 2.35. The van der Waals surface area contributed by atoms with E-state index in [0.29, 0.717) is 11.6 Å². The summed E-state index contributed by atoms with van der Waals surface area (Å²) in [6.07, 6.45) is 0. The van der Waals surface area contributed by atoms with Gasteiger partial charge < -0.3 is 5.32 Å². The van der Waals surface area contributed by atoms with Gasteiger partial charge in [0.2, 0.25) is 0 Å². The average molecular weight is 349 g/mol. The van der Waals surface area contributed by atoms with Crippen LogP contribution in [-0.4, -0.2) is 0 Å². The second kappa shape index (κ2) is 5.91. The number of rotatable bonds is 3. The molecular weight excluding hydrogens is 340 g/mol. The summed E-state index contributed by atoms with van der Waals surface area (Å²) in [5.41, 5.74) is 1.80. The Morgan fingerprint density at radius 3 is 2.50 bits per heavy atom. The van der Waals surface area contributed by atoms with Crippen molar-refractivity contribution in [2.75, 3.05) is 5.32 Å². The Balaban J connectivity index is 2.06. The summed E-state index contributed by atoms with van der Waals surface area (Å²) < 4.78 is 13.8. The summed E-state index contributed by atoms with van der Waals surface area (Å²) in [6.45, 7) is 0.554. The van der Waals surface area contributed by atoms with E-state index in [-0.39, 0.29) is 5.02 Å². The zero-order valence-corrected chi connectivity index (χ0v) is 12.3. The van der Waals surface area contributed by atoms with Crippen LogP contribution < -0.4 is 5.32 Å². The van der Waals surface area contributed by atoms with E-state index in [0.717, 1.165) is 15.7 Å². The number of hydrogen-bond acceptors (Lipinski definition) is 1. The molecule has 0 radical (unpaired) electrons. The predicted octanol–water partition coefficient (Wildman–Crippen LogP) is 5.51. The van der Waals surface area contributed by atoms with Crippen LogP contribution in [0, 0.1) is 5.82 Å². The Labute approximate surface area is 123 Å². The van der Waals surface area contributed by atoms with E-state index >= 15 is 0 Å². The molecule has 18 heavy (non-hydrogen) atoms. The van der Waals surface area contributed by atoms with Gasteiger partial charge in [0.25, 0.3) is 0 Å². The van der Waals surface area contributed by atoms with E-state index < -0.39 is 5.82 Å². The maximum Gasteiger partial charge on any atom is 0.141 e. The van der Waals surface area contributed by atoms with Crippen LogP contribution in [0.25, 0.3) is 0 Å². The lowest BCUT2D eigenvalue weighted by Crippen LogP contribution is -1.99. The summed E-state index contributed by atoms with van der Waals surface area (Å²) in [4.78, 5) is 0. The topological polar surface area (TPSA) is 12.0 Å². The molecule has 0 amide bonds. The van der Waals surface area contributed by atoms with E-state index in [4.69, 9.17) is 23.2 Å². The Hall–Kier alpha value is -0.770. The molecule has 1 nitrogen and oxygen atoms in total. The van der Waals surface area contributed by atoms with Crippen LogP contribution in [0.2, 0.25) is 10.0 Å². The third-order valence-corrected chi connectivity index (χ3v) is 3.92. The van der Waals surface area contributed by atoms with Crippen molar-refractivity contribution in [3.63, 3.8) is 0 Å². The molecule has 2 rings (SSSR count). The van der Waals surface area contributed by atoms with Crippen molar-refractivity contribution in [2.45, 2.75) is 6.54 Å². The van der Waals surface area contributed by atoms with Crippen molar-refractivity contribution < 1.29 is 4.39 Å². The van der Waals surface area contributed by atoms with Gasteiger partial charge in [-0.05, 0) is 51.8 Å². The zero-order chi connectivity index (χ0) is 13.1. The highest BCUT2D eigenvalue weighted by molar-refractivity contribution is 9.10. The summed E-state index contributed by atoms with van der Waals surface area (Å²) >= 11 is 15.0. The molecule has 0 aliphatic carbocycles. The van der Waals surface area contributed by atoms with Gasteiger partial charge in [0.15, 0.2) is 0 Å². The number of benzene rings is 2. The number of halogens is 4. The summed E-state index contributed by atoms with van der Waals surface area (Å²) in [5.74, 6) is -0.410. The van der Waals surface area contributed by atoms with Crippen LogP contribution in [0.3, 0.4) is 0 Å². The first kappa shape index (κ1) is 13.7. The van der Waals surface area contributed by atoms with E-state index in [1.807, 2.05) is 18.2 Å². The van der Waals surface area contributed by atoms with Crippen LogP contribution in [0.1, 0.15) is 5.56 Å². The number of hydrogen-bond donors (Lipinski definition) is 1. The van der Waals surface area contributed by atoms with Gasteiger partial charge in [0.05, 0.1) is 10.0 Å². The molecule has 94 valence electrons. The normalized spacial score (nSPS) is 10.4. The van der Waals surface area contributed by atoms with E-state index in [2.05, 4.69) is 21.2 Å². The van der Waals surface area contributed by atoms with Gasteiger partial charge in [-0.1, -0.05) is 29.3 Å². The van der Waals surface area contributed by atoms with Gasteiger partial charge in [0.1, 0.15) is 5.82 Å². The van der Waals surface area contributed by atoms with Gasteiger partial charge in [-0.25, -0.2) is 4.39 Å². The molecule has 0 atom stereocenters. The molecule has 0 bridgehead atoms. The number of anilines is 1. The van der Waals surface area contributed by atoms with Crippen LogP contribution in [0.15, 0.2) is 40.9 Å². The molecule has 0 aromatic heterocycles. The lowest BCUT2D eigenvalue weighted by molar-refractivity contribution is 0.627. The van der Waals surface area contributed by atoms with Crippen LogP contribution in [0.5, 0.6) is 0 Å². The minimum atomic E-state index is -0.410. The monoisotopic (exact) mass is 347 g/mol. The van der Waals surface area contributed by atoms with Crippen molar-refractivity contribution >= 4 is 44.8 Å². The van der Waals surface area contributed by atoms with Crippen molar-refractivity contribution in [1.29, 1.82) is 0 Å². The lowest BCUT2D eigenvalue weighted by Gasteiger charge is -2.08. The van der Waals surface area contributed by atoms with E-state index in [1.54, 1.807) is 12.1 Å². The predicted molar refractivity (Wildman–Crippen MR) is 77.9 cm³/mol. The van der Waals surface area contributed by atoms with Crippen LogP contribution in [0.4, 0.5) is 10.1 Å². The second-order valence-corrected chi connectivity index (χ2v) is 5.40. The van der Waals surface area contributed by atoms with Crippen molar-refractivity contribution in [3.05, 3.63) is 62.3 Å². The molecule has 0 saturated carbocycles. The van der Waals surface area contributed by atoms with Gasteiger partial charge >= 0.3 is 0 Å². The smallest absolute Gasteiger partial charge is 0.141 e. The molecule has 0 saturated heterocycles. The Morgan fingerprint density at radius 1 is 1.06 bits per heavy atom. The standard InChI is InChI=1S/C13H9BrCl2FN/c14-10-3-2-9(6-11(10)15)18-7-8-1-4-13(17)12(16)5-8/h1-6,18H,7H2. The highest BCUT2D eigenvalue weighted by Crippen LogP contribution is 2.26. The third kappa shape index (κ3) is 3.37. The van der Waals surface area contributed by atoms with Crippen LogP contribution >= 0.6 is 39.1 Å². The van der Waals surface area contributed by atoms with Crippen molar-refractivity contribution in [2.24, 2.45) is 0 Å². The summed E-state index contributed by atoms with van der Waals surface area (Å²) in [5, 5.41) is 3.95. The molecular formula is C13H9BrCl2FN. The summed E-state index contributed by atoms with van der Waals surface area (Å²) in [6, 6.07) is 10.2. The first-order valence-electron chi connectivity index (χ1n) is 5.19. The second-order valence-electron chi connectivity index (χ2n) is 3.73. The fourth-order valence-corrected chi connectivity index (χ4v) is 2.09. The van der Waals surface area contributed by atoms with Gasteiger partial charge in [-0.15, -0.1) is 0 Å². The van der Waals surface area contributed by atoms with Crippen molar-refractivity contribution in [3.8, 4) is 0 Å². The molecule has 2 aromatic rings. The molecule has 0 heterocycles. The van der Waals surface area contributed by atoms with Crippen molar-refractivity contribution in [1.82, 2.24) is 0 Å². The van der Waals surface area contributed by atoms with E-state index in [9.17, 15) is 4.39 Å². The maximum atomic E-state index is 13.0. The largest absolute Gasteiger partial charge is 0.381 e. The first-order chi connectivity index (χ1) is 8.56. The molecule has 1 N–H and O–H groups in total. The minimum absolute atomic E-state index is 0.128. The Kier molecular flexibility index (Phi) is 4.49. The third-order valence-electron chi connectivity index (χ3n) is 2.40. The van der Waals surface area contributed by atoms with Gasteiger partial charge in [-0.3, -0.25) is 0 Å². The number of nitrogens with one attached hydrogen (secondary N) is 1. The lowest BCUT2D eigenvalue weighted by atomic mass is 10.2. The quantitative estimate of drug-likeness (QED) is 0.771. The summed E-state index contributed by atoms with van der Waals surface area (Å²) in [7, 11) is 0. The highest BCUT2D eigenvalue weighted by atomic mass is 79.9. The Bertz CT molecular complexity index is 523. The molecule has 0 spiro atoms. The molecule has 0 fully saturated rings. The fraction of sp³-hybridized carbons (Fsp3) is 0.0769. The van der Waals surface area contributed by atoms with Gasteiger partial charge in [-0.2, -0.15) is 0 Å². The maximum absolute atomic E-state index is 13.0. The van der Waals surface area contributed by atoms with E-state index in [1.165, 1.54) is 6.07 Å². The highest BCUT2D eigenvalue weighted by Gasteiger charge is 2.02. The SMILES string of the molecule is Fc1ccc(CNc2ccc(Br)c(Cl)c2)cc1Cl. The minimum Gasteiger partial charge on any atom is -0.381 e. The Morgan fingerprint density at radius 2 is 1.83 bits per heavy atom. The van der Waals surface area contributed by atoms with Gasteiger partial charge in [0, 0.05) is 16.7 Å².